The standard InChI is InChI=1S/C67H46N2.C36H26N2.C25H17Br/c1-4-16-47(17-5-1)49-30-39-56(40-31-49)68(58-43-34-51(35-44-58)52-36-45-66-62(46-52)61-24-12-15-27-65(61)69(66)55-20-8-3-9-21-55)57-41-32-50(33-42-57)48-28-37-54(38-29-48)67(53-18-6-2-7-19-53)63-25-13-10-22-59(63)60-23-11-14-26-64(60)67;1-3-9-26(10-4-1)27-15-20-30(21-16-27)37-31-22-17-28(18-23-31)29-19-24-36-34(25-29)33-13-7-8-14-35(33)38(36)32-11-5-2-6-12-32;26-20-16-14-19(15-17-20)25(18-8-2-1-3-9-18)23-12-6-4-10-21(23)22-11-5-7-13-24(22)25/h1-46H;1-25,37H;1-17H. The molecule has 0 aliphatic heterocycles. The zero-order chi connectivity index (χ0) is 88.6. The minimum Gasteiger partial charge on any atom is -0.356 e. The first-order valence-corrected chi connectivity index (χ1v) is 46.4. The topological polar surface area (TPSA) is 25.1 Å². The van der Waals surface area contributed by atoms with E-state index in [0.717, 1.165) is 38.6 Å². The van der Waals surface area contributed by atoms with Crippen molar-refractivity contribution in [3.63, 3.8) is 0 Å². The number of rotatable bonds is 16. The van der Waals surface area contributed by atoms with Gasteiger partial charge >= 0.3 is 0 Å². The Balaban J connectivity index is 0.000000130. The summed E-state index contributed by atoms with van der Waals surface area (Å²) in [6.45, 7) is 0. The molecule has 0 amide bonds. The molecular formula is C128H89BrN4. The van der Waals surface area contributed by atoms with Gasteiger partial charge in [0.25, 0.3) is 0 Å². The molecule has 0 radical (unpaired) electrons. The summed E-state index contributed by atoms with van der Waals surface area (Å²) in [6, 6.07) is 193. The van der Waals surface area contributed by atoms with E-state index in [4.69, 9.17) is 0 Å². The van der Waals surface area contributed by atoms with Crippen LogP contribution in [0.2, 0.25) is 0 Å². The highest BCUT2D eigenvalue weighted by atomic mass is 79.9. The highest BCUT2D eigenvalue weighted by molar-refractivity contribution is 9.10. The molecule has 25 rings (SSSR count). The molecule has 0 unspecified atom stereocenters. The molecule has 2 heterocycles. The number of hydrogen-bond donors (Lipinski definition) is 1. The molecule has 2 aromatic heterocycles. The summed E-state index contributed by atoms with van der Waals surface area (Å²) in [5.41, 5.74) is 39.7. The Labute approximate surface area is 784 Å². The Morgan fingerprint density at radius 2 is 0.429 bits per heavy atom. The second kappa shape index (κ2) is 35.1. The molecule has 0 saturated carbocycles. The lowest BCUT2D eigenvalue weighted by Crippen LogP contribution is -2.28. The fourth-order valence-corrected chi connectivity index (χ4v) is 21.1. The van der Waals surface area contributed by atoms with Crippen LogP contribution in [0.1, 0.15) is 44.5 Å². The van der Waals surface area contributed by atoms with E-state index in [1.165, 1.54) is 172 Å². The number of hydrogen-bond acceptors (Lipinski definition) is 2. The van der Waals surface area contributed by atoms with Crippen LogP contribution >= 0.6 is 15.9 Å². The number of fused-ring (bicyclic) bond motifs is 12. The monoisotopic (exact) mass is 1760 g/mol. The lowest BCUT2D eigenvalue weighted by atomic mass is 9.67. The van der Waals surface area contributed by atoms with Crippen LogP contribution in [0, 0.1) is 0 Å². The summed E-state index contributed by atoms with van der Waals surface area (Å²) in [4.78, 5) is 2.36. The first-order valence-electron chi connectivity index (χ1n) is 45.6. The third-order valence-electron chi connectivity index (χ3n) is 26.9. The van der Waals surface area contributed by atoms with Gasteiger partial charge in [-0.05, 0) is 256 Å². The zero-order valence-corrected chi connectivity index (χ0v) is 74.6. The maximum Gasteiger partial charge on any atom is 0.0713 e. The third-order valence-corrected chi connectivity index (χ3v) is 27.5. The van der Waals surface area contributed by atoms with Crippen LogP contribution in [-0.4, -0.2) is 9.13 Å². The van der Waals surface area contributed by atoms with Gasteiger partial charge in [-0.2, -0.15) is 0 Å². The molecule has 23 aromatic rings. The molecule has 1 N–H and O–H groups in total. The summed E-state index contributed by atoms with van der Waals surface area (Å²) in [6.07, 6.45) is 0. The summed E-state index contributed by atoms with van der Waals surface area (Å²) < 4.78 is 5.82. The average molecular weight is 1760 g/mol. The predicted molar refractivity (Wildman–Crippen MR) is 562 cm³/mol. The van der Waals surface area contributed by atoms with Crippen LogP contribution in [0.4, 0.5) is 28.4 Å². The summed E-state index contributed by atoms with van der Waals surface area (Å²) in [5.74, 6) is 0. The summed E-state index contributed by atoms with van der Waals surface area (Å²) >= 11 is 3.59. The number of halogens is 1. The Morgan fingerprint density at radius 1 is 0.188 bits per heavy atom. The maximum atomic E-state index is 3.59. The molecular weight excluding hydrogens is 1670 g/mol. The molecule has 0 atom stereocenters. The van der Waals surface area contributed by atoms with Crippen LogP contribution < -0.4 is 10.2 Å². The van der Waals surface area contributed by atoms with E-state index in [9.17, 15) is 0 Å². The van der Waals surface area contributed by atoms with Gasteiger partial charge in [0.05, 0.1) is 32.9 Å². The molecule has 5 heteroatoms. The highest BCUT2D eigenvalue weighted by Gasteiger charge is 2.47. The smallest absolute Gasteiger partial charge is 0.0713 e. The fraction of sp³-hybridized carbons (Fsp3) is 0.0156. The van der Waals surface area contributed by atoms with Gasteiger partial charge in [-0.25, -0.2) is 0 Å². The van der Waals surface area contributed by atoms with Gasteiger partial charge in [-0.3, -0.25) is 0 Å². The molecule has 628 valence electrons. The first kappa shape index (κ1) is 80.8. The Kier molecular flexibility index (Phi) is 21.3. The van der Waals surface area contributed by atoms with E-state index in [1.54, 1.807) is 0 Å². The van der Waals surface area contributed by atoms with Gasteiger partial charge in [0.1, 0.15) is 0 Å². The van der Waals surface area contributed by atoms with Gasteiger partial charge in [0.15, 0.2) is 0 Å². The van der Waals surface area contributed by atoms with Gasteiger partial charge in [-0.15, -0.1) is 0 Å². The van der Waals surface area contributed by atoms with Gasteiger partial charge < -0.3 is 19.4 Å². The normalized spacial score (nSPS) is 12.4. The van der Waals surface area contributed by atoms with Crippen LogP contribution in [-0.2, 0) is 10.8 Å². The number of aromatic nitrogens is 2. The number of para-hydroxylation sites is 4. The minimum absolute atomic E-state index is 0.283. The molecule has 133 heavy (non-hydrogen) atoms. The SMILES string of the molecule is Brc1ccc(C2(c3ccccc3)c3ccccc3-c3ccccc32)cc1.c1ccc(-c2ccc(N(c3ccc(-c4ccc(C5(c6ccccc6)c6ccccc6-c6ccccc65)cc4)cc3)c3ccc(-c4ccc5c(c4)c4ccccc4n5-c4ccccc4)cc3)cc2)cc1.c1ccc(-c2ccc(Nc3ccc(-c4ccc5c(c4)c4ccccc4n5-c4ccccc4)cc3)cc2)cc1. The highest BCUT2D eigenvalue weighted by Crippen LogP contribution is 2.58. The summed E-state index contributed by atoms with van der Waals surface area (Å²) in [7, 11) is 0. The van der Waals surface area contributed by atoms with Crippen LogP contribution in [0.5, 0.6) is 0 Å². The van der Waals surface area contributed by atoms with Crippen molar-refractivity contribution in [3.05, 3.63) is 583 Å². The summed E-state index contributed by atoms with van der Waals surface area (Å²) in [5, 5.41) is 8.57. The van der Waals surface area contributed by atoms with Gasteiger partial charge in [0.2, 0.25) is 0 Å². The van der Waals surface area contributed by atoms with Crippen molar-refractivity contribution in [3.8, 4) is 89.3 Å². The van der Waals surface area contributed by atoms with E-state index in [-0.39, 0.29) is 5.41 Å². The largest absolute Gasteiger partial charge is 0.356 e. The molecule has 4 nitrogen and oxygen atoms in total. The Hall–Kier alpha value is -16.7. The third kappa shape index (κ3) is 14.7. The van der Waals surface area contributed by atoms with Crippen LogP contribution in [0.25, 0.3) is 133 Å². The fourth-order valence-electron chi connectivity index (χ4n) is 20.8. The van der Waals surface area contributed by atoms with Crippen molar-refractivity contribution >= 4 is 88.0 Å². The van der Waals surface area contributed by atoms with E-state index < -0.39 is 5.41 Å². The lowest BCUT2D eigenvalue weighted by molar-refractivity contribution is 0.768. The number of nitrogens with one attached hydrogen (secondary N) is 1. The molecule has 0 bridgehead atoms. The maximum absolute atomic E-state index is 3.59. The van der Waals surface area contributed by atoms with Crippen molar-refractivity contribution < 1.29 is 0 Å². The lowest BCUT2D eigenvalue weighted by Gasteiger charge is -2.34. The second-order valence-corrected chi connectivity index (χ2v) is 35.2. The molecule has 2 aliphatic carbocycles. The Bertz CT molecular complexity index is 8030. The zero-order valence-electron chi connectivity index (χ0n) is 73.0. The van der Waals surface area contributed by atoms with Crippen molar-refractivity contribution in [2.24, 2.45) is 0 Å². The van der Waals surface area contributed by atoms with Crippen molar-refractivity contribution in [1.29, 1.82) is 0 Å². The molecule has 0 fully saturated rings. The van der Waals surface area contributed by atoms with Crippen LogP contribution in [0.15, 0.2) is 538 Å². The number of anilines is 5. The predicted octanol–water partition coefficient (Wildman–Crippen LogP) is 34.3. The first-order chi connectivity index (χ1) is 65.9. The molecule has 0 saturated heterocycles. The van der Waals surface area contributed by atoms with E-state index >= 15 is 0 Å². The van der Waals surface area contributed by atoms with Gasteiger partial charge in [0, 0.05) is 65.8 Å². The molecule has 2 aliphatic rings. The van der Waals surface area contributed by atoms with E-state index in [1.807, 2.05) is 6.07 Å². The minimum atomic E-state index is -0.418. The number of benzene rings is 21. The van der Waals surface area contributed by atoms with Crippen molar-refractivity contribution in [2.75, 3.05) is 10.2 Å². The van der Waals surface area contributed by atoms with Crippen molar-refractivity contribution in [2.45, 2.75) is 10.8 Å². The van der Waals surface area contributed by atoms with Crippen molar-refractivity contribution in [1.82, 2.24) is 9.13 Å². The molecule has 0 spiro atoms. The average Bonchev–Trinajstić information content (AvgIpc) is 1.54. The van der Waals surface area contributed by atoms with E-state index in [2.05, 4.69) is 563 Å². The molecule has 21 aromatic carbocycles. The quantitative estimate of drug-likeness (QED) is 0.104. The Morgan fingerprint density at radius 3 is 0.774 bits per heavy atom. The van der Waals surface area contributed by atoms with E-state index in [0.29, 0.717) is 0 Å². The second-order valence-electron chi connectivity index (χ2n) is 34.3. The number of nitrogens with zero attached hydrogens (tertiary/aromatic N) is 3. The van der Waals surface area contributed by atoms with Crippen LogP contribution in [0.3, 0.4) is 0 Å². The van der Waals surface area contributed by atoms with Gasteiger partial charge in [-0.1, -0.05) is 416 Å².